The average Bonchev–Trinajstić information content (AvgIpc) is 2.92. The maximum absolute atomic E-state index is 5.63. The zero-order valence-corrected chi connectivity index (χ0v) is 12.9. The van der Waals surface area contributed by atoms with Crippen LogP contribution in [0.4, 0.5) is 5.95 Å². The summed E-state index contributed by atoms with van der Waals surface area (Å²) in [6, 6.07) is 2.00. The first kappa shape index (κ1) is 14.2. The number of nitrogen functional groups attached to an aromatic ring is 1. The lowest BCUT2D eigenvalue weighted by Crippen LogP contribution is -2.00. The Morgan fingerprint density at radius 3 is 2.91 bits per heavy atom. The first-order chi connectivity index (χ1) is 10.5. The summed E-state index contributed by atoms with van der Waals surface area (Å²) in [6.45, 7) is 6.10. The number of allylic oxidation sites excluding steroid dienone is 3. The van der Waals surface area contributed by atoms with Crippen LogP contribution < -0.4 is 5.73 Å². The van der Waals surface area contributed by atoms with Crippen LogP contribution in [-0.2, 0) is 0 Å². The monoisotopic (exact) mass is 294 g/mol. The molecule has 3 rings (SSSR count). The summed E-state index contributed by atoms with van der Waals surface area (Å²) in [6.07, 6.45) is 9.49. The van der Waals surface area contributed by atoms with E-state index in [4.69, 9.17) is 5.73 Å². The van der Waals surface area contributed by atoms with Gasteiger partial charge in [-0.05, 0) is 37.0 Å². The summed E-state index contributed by atoms with van der Waals surface area (Å²) in [4.78, 5) is 12.8. The second-order valence-corrected chi connectivity index (χ2v) is 5.39. The molecule has 22 heavy (non-hydrogen) atoms. The van der Waals surface area contributed by atoms with Crippen molar-refractivity contribution < 1.29 is 0 Å². The molecule has 0 unspecified atom stereocenters. The minimum Gasteiger partial charge on any atom is -0.367 e. The van der Waals surface area contributed by atoms with E-state index in [0.29, 0.717) is 0 Å². The molecule has 1 aliphatic rings. The molecule has 0 aromatic carbocycles. The van der Waals surface area contributed by atoms with Crippen LogP contribution in [-0.4, -0.2) is 26.6 Å². The Labute approximate surface area is 128 Å². The molecular weight excluding hydrogens is 276 g/mol. The molecule has 1 atom stereocenters. The number of hydrogen-bond acceptors (Lipinski definition) is 5. The Kier molecular flexibility index (Phi) is 3.58. The van der Waals surface area contributed by atoms with Gasteiger partial charge in [-0.3, -0.25) is 0 Å². The number of rotatable bonds is 1. The summed E-state index contributed by atoms with van der Waals surface area (Å²) >= 11 is 0. The van der Waals surface area contributed by atoms with Gasteiger partial charge in [0.1, 0.15) is 5.84 Å². The molecule has 0 saturated heterocycles. The molecule has 0 spiro atoms. The van der Waals surface area contributed by atoms with Gasteiger partial charge in [0.2, 0.25) is 5.95 Å². The van der Waals surface area contributed by atoms with E-state index in [1.54, 1.807) is 10.7 Å². The molecule has 1 aliphatic heterocycles. The molecule has 2 aromatic heterocycles. The van der Waals surface area contributed by atoms with Crippen LogP contribution in [0.2, 0.25) is 0 Å². The first-order valence-electron chi connectivity index (χ1n) is 7.12. The van der Waals surface area contributed by atoms with Crippen LogP contribution >= 0.6 is 0 Å². The standard InChI is InChI=1S/C16H18N6/c1-10-6-13(8-19-12(3)18-7-11(10)2)14-4-5-22-15(14)9-20-16(17)21-22/h4-10H,1-3H3,(H2,17,21)/b11-7-,13-6+,18-12?,19-8?/t10-/m1/s1. The summed E-state index contributed by atoms with van der Waals surface area (Å²) in [7, 11) is 0. The SMILES string of the molecule is CC1=N/C=C(/C)[C@H](C)/C=C(/c2ccn3nc(N)ncc23)C=N1. The van der Waals surface area contributed by atoms with Crippen LogP contribution in [0, 0.1) is 5.92 Å². The number of amidine groups is 1. The minimum atomic E-state index is 0.252. The quantitative estimate of drug-likeness (QED) is 0.878. The minimum absolute atomic E-state index is 0.252. The van der Waals surface area contributed by atoms with Gasteiger partial charge in [-0.1, -0.05) is 13.0 Å². The first-order valence-corrected chi connectivity index (χ1v) is 7.12. The van der Waals surface area contributed by atoms with Gasteiger partial charge in [0.15, 0.2) is 0 Å². The lowest BCUT2D eigenvalue weighted by molar-refractivity contribution is 0.861. The van der Waals surface area contributed by atoms with E-state index in [1.165, 1.54) is 5.57 Å². The van der Waals surface area contributed by atoms with Crippen molar-refractivity contribution in [1.29, 1.82) is 0 Å². The van der Waals surface area contributed by atoms with Crippen LogP contribution in [0.3, 0.4) is 0 Å². The Bertz CT molecular complexity index is 837. The third kappa shape index (κ3) is 2.67. The number of hydrogen-bond donors (Lipinski definition) is 1. The number of aromatic nitrogens is 3. The molecular formula is C16H18N6. The summed E-state index contributed by atoms with van der Waals surface area (Å²) < 4.78 is 1.73. The summed E-state index contributed by atoms with van der Waals surface area (Å²) in [5, 5.41) is 4.18. The van der Waals surface area contributed by atoms with Crippen LogP contribution in [0.1, 0.15) is 26.3 Å². The highest BCUT2D eigenvalue weighted by Gasteiger charge is 2.11. The van der Waals surface area contributed by atoms with Crippen molar-refractivity contribution in [1.82, 2.24) is 14.6 Å². The molecule has 0 bridgehead atoms. The molecule has 2 N–H and O–H groups in total. The number of fused-ring (bicyclic) bond motifs is 1. The second kappa shape index (κ2) is 5.55. The average molecular weight is 294 g/mol. The van der Waals surface area contributed by atoms with Gasteiger partial charge >= 0.3 is 0 Å². The topological polar surface area (TPSA) is 80.9 Å². The van der Waals surface area contributed by atoms with Crippen molar-refractivity contribution in [2.24, 2.45) is 15.9 Å². The third-order valence-corrected chi connectivity index (χ3v) is 3.74. The van der Waals surface area contributed by atoms with E-state index in [0.717, 1.165) is 22.5 Å². The predicted octanol–water partition coefficient (Wildman–Crippen LogP) is 2.74. The summed E-state index contributed by atoms with van der Waals surface area (Å²) in [5.41, 5.74) is 9.76. The molecule has 112 valence electrons. The van der Waals surface area contributed by atoms with Crippen molar-refractivity contribution in [3.63, 3.8) is 0 Å². The molecule has 0 saturated carbocycles. The molecule has 2 aromatic rings. The Morgan fingerprint density at radius 1 is 1.27 bits per heavy atom. The molecule has 3 heterocycles. The molecule has 0 amide bonds. The van der Waals surface area contributed by atoms with Crippen molar-refractivity contribution in [3.05, 3.63) is 41.9 Å². The largest absolute Gasteiger partial charge is 0.367 e. The maximum atomic E-state index is 5.63. The smallest absolute Gasteiger partial charge is 0.238 e. The Hall–Kier alpha value is -2.76. The normalized spacial score (nSPS) is 23.8. The van der Waals surface area contributed by atoms with Gasteiger partial charge in [-0.25, -0.2) is 19.5 Å². The molecule has 0 radical (unpaired) electrons. The van der Waals surface area contributed by atoms with Gasteiger partial charge in [0.05, 0.1) is 11.7 Å². The van der Waals surface area contributed by atoms with Gasteiger partial charge < -0.3 is 5.73 Å². The Balaban J connectivity index is 2.15. The van der Waals surface area contributed by atoms with Crippen LogP contribution in [0.15, 0.2) is 46.3 Å². The van der Waals surface area contributed by atoms with E-state index < -0.39 is 0 Å². The van der Waals surface area contributed by atoms with E-state index in [1.807, 2.05) is 31.6 Å². The predicted molar refractivity (Wildman–Crippen MR) is 89.9 cm³/mol. The highest BCUT2D eigenvalue weighted by atomic mass is 15.3. The van der Waals surface area contributed by atoms with Gasteiger partial charge in [-0.15, -0.1) is 5.10 Å². The fraction of sp³-hybridized carbons (Fsp3) is 0.250. The number of nitrogens with zero attached hydrogens (tertiary/aromatic N) is 5. The lowest BCUT2D eigenvalue weighted by Gasteiger charge is -2.08. The van der Waals surface area contributed by atoms with E-state index in [-0.39, 0.29) is 11.9 Å². The fourth-order valence-electron chi connectivity index (χ4n) is 2.27. The number of aliphatic imine (C=N–C) groups is 2. The van der Waals surface area contributed by atoms with Crippen molar-refractivity contribution >= 4 is 29.1 Å². The Morgan fingerprint density at radius 2 is 2.09 bits per heavy atom. The zero-order valence-electron chi connectivity index (χ0n) is 12.9. The molecule has 6 nitrogen and oxygen atoms in total. The lowest BCUT2D eigenvalue weighted by atomic mass is 9.98. The van der Waals surface area contributed by atoms with Gasteiger partial charge in [0.25, 0.3) is 0 Å². The van der Waals surface area contributed by atoms with Crippen molar-refractivity contribution in [3.8, 4) is 0 Å². The second-order valence-electron chi connectivity index (χ2n) is 5.39. The summed E-state index contributed by atoms with van der Waals surface area (Å²) in [5.74, 6) is 1.24. The zero-order chi connectivity index (χ0) is 15.7. The molecule has 0 aliphatic carbocycles. The van der Waals surface area contributed by atoms with Crippen LogP contribution in [0.5, 0.6) is 0 Å². The maximum Gasteiger partial charge on any atom is 0.238 e. The van der Waals surface area contributed by atoms with Gasteiger partial charge in [0, 0.05) is 24.2 Å². The van der Waals surface area contributed by atoms with Crippen LogP contribution in [0.25, 0.3) is 11.1 Å². The number of anilines is 1. The van der Waals surface area contributed by atoms with Gasteiger partial charge in [-0.2, -0.15) is 0 Å². The van der Waals surface area contributed by atoms with Crippen molar-refractivity contribution in [2.45, 2.75) is 20.8 Å². The van der Waals surface area contributed by atoms with E-state index >= 15 is 0 Å². The van der Waals surface area contributed by atoms with E-state index in [2.05, 4.69) is 40.0 Å². The fourth-order valence-corrected chi connectivity index (χ4v) is 2.27. The highest BCUT2D eigenvalue weighted by Crippen LogP contribution is 2.24. The van der Waals surface area contributed by atoms with Crippen molar-refractivity contribution in [2.75, 3.05) is 5.73 Å². The van der Waals surface area contributed by atoms with E-state index in [9.17, 15) is 0 Å². The molecule has 0 fully saturated rings. The molecule has 6 heteroatoms. The third-order valence-electron chi connectivity index (χ3n) is 3.74. The number of nitrogens with two attached hydrogens (primary N) is 1. The highest BCUT2D eigenvalue weighted by molar-refractivity contribution is 6.15.